The predicted octanol–water partition coefficient (Wildman–Crippen LogP) is 3.66. The van der Waals surface area contributed by atoms with E-state index in [0.29, 0.717) is 16.8 Å². The summed E-state index contributed by atoms with van der Waals surface area (Å²) >= 11 is 0. The van der Waals surface area contributed by atoms with Crippen LogP contribution in [0.4, 0.5) is 17.2 Å². The van der Waals surface area contributed by atoms with E-state index in [-0.39, 0.29) is 5.82 Å². The van der Waals surface area contributed by atoms with Gasteiger partial charge >= 0.3 is 0 Å². The Hall–Kier alpha value is -3.20. The van der Waals surface area contributed by atoms with Gasteiger partial charge in [-0.25, -0.2) is 4.52 Å². The molecule has 0 unspecified atom stereocenters. The van der Waals surface area contributed by atoms with Crippen molar-refractivity contribution < 1.29 is 0 Å². The number of benzene rings is 1. The van der Waals surface area contributed by atoms with E-state index in [2.05, 4.69) is 21.7 Å². The lowest BCUT2D eigenvalue weighted by Crippen LogP contribution is -2.01. The number of aromatic nitrogens is 2. The number of nitrogens with one attached hydrogen (secondary N) is 1. The van der Waals surface area contributed by atoms with Gasteiger partial charge in [-0.1, -0.05) is 18.2 Å². The summed E-state index contributed by atoms with van der Waals surface area (Å²) in [7, 11) is 0. The van der Waals surface area contributed by atoms with Crippen LogP contribution in [0.3, 0.4) is 0 Å². The van der Waals surface area contributed by atoms with Crippen LogP contribution in [0.1, 0.15) is 11.1 Å². The van der Waals surface area contributed by atoms with Gasteiger partial charge in [-0.2, -0.15) is 10.4 Å². The average molecular weight is 277 g/mol. The molecule has 1 N–H and O–H groups in total. The smallest absolute Gasteiger partial charge is 0.198 e. The van der Waals surface area contributed by atoms with E-state index >= 15 is 0 Å². The van der Waals surface area contributed by atoms with Crippen LogP contribution < -0.4 is 5.32 Å². The van der Waals surface area contributed by atoms with Crippen molar-refractivity contribution in [1.82, 2.24) is 9.61 Å². The van der Waals surface area contributed by atoms with Gasteiger partial charge in [-0.05, 0) is 35.9 Å². The molecule has 0 radical (unpaired) electrons. The third-order valence-electron chi connectivity index (χ3n) is 3.28. The molecule has 0 aliphatic carbocycles. The summed E-state index contributed by atoms with van der Waals surface area (Å²) in [6.07, 6.45) is 1.42. The number of hydrogen-bond acceptors (Lipinski definition) is 5. The summed E-state index contributed by atoms with van der Waals surface area (Å²) in [5.74, 6) is 0.197. The van der Waals surface area contributed by atoms with E-state index in [1.165, 1.54) is 10.7 Å². The second-order valence-electron chi connectivity index (χ2n) is 4.56. The van der Waals surface area contributed by atoms with E-state index < -0.39 is 0 Å². The van der Waals surface area contributed by atoms with Crippen molar-refractivity contribution in [1.29, 1.82) is 5.26 Å². The quantitative estimate of drug-likeness (QED) is 0.740. The van der Waals surface area contributed by atoms with Gasteiger partial charge in [-0.15, -0.1) is 4.91 Å². The Morgan fingerprint density at radius 1 is 1.29 bits per heavy atom. The number of nitriles is 1. The molecule has 102 valence electrons. The van der Waals surface area contributed by atoms with E-state index in [1.54, 1.807) is 12.1 Å². The van der Waals surface area contributed by atoms with Gasteiger partial charge in [0.2, 0.25) is 0 Å². The van der Waals surface area contributed by atoms with Gasteiger partial charge in [0.25, 0.3) is 0 Å². The molecule has 0 amide bonds. The zero-order chi connectivity index (χ0) is 14.8. The standard InChI is InChI=1S/C15H11N5O/c1-10-4-2-3-5-12(10)18-15-11(8-16)9-17-20-13(15)6-7-14(20)19-21/h2-7,9,18H,1H3. The van der Waals surface area contributed by atoms with Crippen LogP contribution in [0.15, 0.2) is 47.8 Å². The maximum atomic E-state index is 10.8. The van der Waals surface area contributed by atoms with Crippen molar-refractivity contribution >= 4 is 22.7 Å². The number of rotatable bonds is 3. The zero-order valence-electron chi connectivity index (χ0n) is 11.2. The molecule has 0 aliphatic heterocycles. The van der Waals surface area contributed by atoms with E-state index in [0.717, 1.165) is 11.3 Å². The van der Waals surface area contributed by atoms with Crippen molar-refractivity contribution in [2.75, 3.05) is 5.32 Å². The van der Waals surface area contributed by atoms with Crippen molar-refractivity contribution in [3.63, 3.8) is 0 Å². The van der Waals surface area contributed by atoms with E-state index in [4.69, 9.17) is 0 Å². The number of anilines is 2. The van der Waals surface area contributed by atoms with Gasteiger partial charge in [0, 0.05) is 5.69 Å². The second kappa shape index (κ2) is 5.06. The Kier molecular flexibility index (Phi) is 3.09. The molecule has 3 rings (SSSR count). The first-order valence-electron chi connectivity index (χ1n) is 6.31. The number of hydrogen-bond donors (Lipinski definition) is 1. The fourth-order valence-corrected chi connectivity index (χ4v) is 2.18. The predicted molar refractivity (Wildman–Crippen MR) is 79.8 cm³/mol. The molecule has 0 aliphatic rings. The number of aryl methyl sites for hydroxylation is 1. The molecule has 0 fully saturated rings. The van der Waals surface area contributed by atoms with Crippen LogP contribution in [0.5, 0.6) is 0 Å². The maximum Gasteiger partial charge on any atom is 0.198 e. The van der Waals surface area contributed by atoms with Crippen LogP contribution in [0, 0.1) is 23.2 Å². The third-order valence-corrected chi connectivity index (χ3v) is 3.28. The second-order valence-corrected chi connectivity index (χ2v) is 4.56. The molecule has 3 aromatic rings. The Morgan fingerprint density at radius 3 is 2.81 bits per heavy atom. The van der Waals surface area contributed by atoms with Crippen LogP contribution >= 0.6 is 0 Å². The van der Waals surface area contributed by atoms with Crippen molar-refractivity contribution in [2.24, 2.45) is 5.18 Å². The Morgan fingerprint density at radius 2 is 2.10 bits per heavy atom. The fourth-order valence-electron chi connectivity index (χ4n) is 2.18. The zero-order valence-corrected chi connectivity index (χ0v) is 11.2. The highest BCUT2D eigenvalue weighted by molar-refractivity contribution is 5.83. The minimum atomic E-state index is 0.197. The molecule has 6 nitrogen and oxygen atoms in total. The summed E-state index contributed by atoms with van der Waals surface area (Å²) in [6.45, 7) is 1.98. The first kappa shape index (κ1) is 12.8. The van der Waals surface area contributed by atoms with Crippen LogP contribution in [0.25, 0.3) is 5.52 Å². The lowest BCUT2D eigenvalue weighted by molar-refractivity contribution is 0.935. The molecule has 2 heterocycles. The minimum absolute atomic E-state index is 0.197. The average Bonchev–Trinajstić information content (AvgIpc) is 2.93. The monoisotopic (exact) mass is 277 g/mol. The van der Waals surface area contributed by atoms with Gasteiger partial charge in [-0.3, -0.25) is 0 Å². The molecular weight excluding hydrogens is 266 g/mol. The number of nitroso groups, excluding NO2 is 1. The fraction of sp³-hybridized carbons (Fsp3) is 0.0667. The molecular formula is C15H11N5O. The van der Waals surface area contributed by atoms with Gasteiger partial charge < -0.3 is 5.32 Å². The topological polar surface area (TPSA) is 82.6 Å². The Labute approximate surface area is 120 Å². The van der Waals surface area contributed by atoms with Crippen LogP contribution in [-0.2, 0) is 0 Å². The van der Waals surface area contributed by atoms with Crippen molar-refractivity contribution in [3.8, 4) is 6.07 Å². The van der Waals surface area contributed by atoms with Gasteiger partial charge in [0.05, 0.1) is 23.0 Å². The van der Waals surface area contributed by atoms with Gasteiger partial charge in [0.1, 0.15) is 6.07 Å². The summed E-state index contributed by atoms with van der Waals surface area (Å²) in [5.41, 5.74) is 3.59. The largest absolute Gasteiger partial charge is 0.352 e. The van der Waals surface area contributed by atoms with Gasteiger partial charge in [0.15, 0.2) is 5.82 Å². The summed E-state index contributed by atoms with van der Waals surface area (Å²) in [5, 5.41) is 19.5. The Balaban J connectivity index is 2.21. The number of fused-ring (bicyclic) bond motifs is 1. The maximum absolute atomic E-state index is 10.8. The number of para-hydroxylation sites is 1. The van der Waals surface area contributed by atoms with Crippen LogP contribution in [-0.4, -0.2) is 9.61 Å². The molecule has 0 saturated carbocycles. The minimum Gasteiger partial charge on any atom is -0.352 e. The molecule has 0 bridgehead atoms. The molecule has 0 saturated heterocycles. The summed E-state index contributed by atoms with van der Waals surface area (Å²) in [6, 6.07) is 13.1. The molecule has 21 heavy (non-hydrogen) atoms. The molecule has 2 aromatic heterocycles. The highest BCUT2D eigenvalue weighted by atomic mass is 16.3. The Bertz CT molecular complexity index is 875. The molecule has 6 heteroatoms. The molecule has 1 aromatic carbocycles. The van der Waals surface area contributed by atoms with Crippen molar-refractivity contribution in [2.45, 2.75) is 6.92 Å². The highest BCUT2D eigenvalue weighted by Gasteiger charge is 2.13. The molecule has 0 spiro atoms. The van der Waals surface area contributed by atoms with E-state index in [9.17, 15) is 10.2 Å². The van der Waals surface area contributed by atoms with Crippen molar-refractivity contribution in [3.05, 3.63) is 58.6 Å². The van der Waals surface area contributed by atoms with E-state index in [1.807, 2.05) is 31.2 Å². The lowest BCUT2D eigenvalue weighted by Gasteiger charge is -2.12. The normalized spacial score (nSPS) is 10.3. The lowest BCUT2D eigenvalue weighted by atomic mass is 10.1. The highest BCUT2D eigenvalue weighted by Crippen LogP contribution is 2.29. The summed E-state index contributed by atoms with van der Waals surface area (Å²) < 4.78 is 1.41. The van der Waals surface area contributed by atoms with Crippen LogP contribution in [0.2, 0.25) is 0 Å². The first-order valence-corrected chi connectivity index (χ1v) is 6.31. The molecule has 0 atom stereocenters. The first-order chi connectivity index (χ1) is 10.2. The summed E-state index contributed by atoms with van der Waals surface area (Å²) in [4.78, 5) is 10.8. The third kappa shape index (κ3) is 2.11. The SMILES string of the molecule is Cc1ccccc1Nc1c(C#N)cnn2c(N=O)ccc12. The number of nitrogens with zero attached hydrogens (tertiary/aromatic N) is 4.